The van der Waals surface area contributed by atoms with E-state index in [4.69, 9.17) is 4.74 Å². The zero-order chi connectivity index (χ0) is 18.9. The van der Waals surface area contributed by atoms with Crippen LogP contribution in [0.5, 0.6) is 0 Å². The Bertz CT molecular complexity index is 697. The van der Waals surface area contributed by atoms with Gasteiger partial charge in [0.15, 0.2) is 0 Å². The first-order valence-electron chi connectivity index (χ1n) is 9.83. The van der Waals surface area contributed by atoms with E-state index in [0.29, 0.717) is 6.10 Å². The summed E-state index contributed by atoms with van der Waals surface area (Å²) < 4.78 is 5.63. The van der Waals surface area contributed by atoms with E-state index in [2.05, 4.69) is 22.4 Å². The van der Waals surface area contributed by atoms with Gasteiger partial charge in [0.1, 0.15) is 0 Å². The number of hydrogen-bond donors (Lipinski definition) is 1. The molecule has 0 radical (unpaired) electrons. The summed E-state index contributed by atoms with van der Waals surface area (Å²) in [7, 11) is 1.84. The Morgan fingerprint density at radius 1 is 1.22 bits per heavy atom. The minimum absolute atomic E-state index is 0.0661. The second-order valence-corrected chi connectivity index (χ2v) is 7.15. The number of amides is 2. The summed E-state index contributed by atoms with van der Waals surface area (Å²) in [4.78, 5) is 18.4. The first-order chi connectivity index (χ1) is 13.2. The van der Waals surface area contributed by atoms with Gasteiger partial charge in [-0.3, -0.25) is 4.98 Å². The molecule has 1 aromatic heterocycles. The summed E-state index contributed by atoms with van der Waals surface area (Å²) in [5.41, 5.74) is 3.16. The lowest BCUT2D eigenvalue weighted by Crippen LogP contribution is -2.32. The highest BCUT2D eigenvalue weighted by Crippen LogP contribution is 2.17. The van der Waals surface area contributed by atoms with Crippen LogP contribution in [0.15, 0.2) is 48.7 Å². The van der Waals surface area contributed by atoms with Gasteiger partial charge in [0.2, 0.25) is 0 Å². The second-order valence-electron chi connectivity index (χ2n) is 7.15. The Kier molecular flexibility index (Phi) is 7.22. The predicted molar refractivity (Wildman–Crippen MR) is 108 cm³/mol. The van der Waals surface area contributed by atoms with Crippen molar-refractivity contribution in [2.24, 2.45) is 0 Å². The minimum atomic E-state index is -0.0661. The van der Waals surface area contributed by atoms with Gasteiger partial charge in [0.05, 0.1) is 6.10 Å². The Morgan fingerprint density at radius 3 is 2.78 bits per heavy atom. The number of aromatic nitrogens is 1. The number of pyridine rings is 1. The molecule has 0 spiro atoms. The Morgan fingerprint density at radius 2 is 2.07 bits per heavy atom. The number of ether oxygens (including phenoxy) is 1. The third kappa shape index (κ3) is 6.36. The lowest BCUT2D eigenvalue weighted by Gasteiger charge is -2.19. The third-order valence-electron chi connectivity index (χ3n) is 4.99. The van der Waals surface area contributed by atoms with Crippen LogP contribution in [0.3, 0.4) is 0 Å². The molecule has 1 aromatic carbocycles. The van der Waals surface area contributed by atoms with E-state index >= 15 is 0 Å². The number of nitrogens with zero attached hydrogens (tertiary/aromatic N) is 2. The number of carbonyl (C=O) groups excluding carboxylic acids is 1. The van der Waals surface area contributed by atoms with Gasteiger partial charge in [-0.25, -0.2) is 4.79 Å². The van der Waals surface area contributed by atoms with Crippen molar-refractivity contribution in [2.75, 3.05) is 25.5 Å². The number of rotatable bonds is 8. The average molecular weight is 367 g/mol. The van der Waals surface area contributed by atoms with Crippen LogP contribution >= 0.6 is 0 Å². The normalized spacial score (nSPS) is 16.3. The van der Waals surface area contributed by atoms with Crippen LogP contribution in [0.25, 0.3) is 0 Å². The van der Waals surface area contributed by atoms with Crippen LogP contribution in [0.1, 0.15) is 36.9 Å². The largest absolute Gasteiger partial charge is 0.378 e. The number of aryl methyl sites for hydroxylation is 2. The minimum Gasteiger partial charge on any atom is -0.378 e. The van der Waals surface area contributed by atoms with E-state index in [1.54, 1.807) is 4.90 Å². The summed E-state index contributed by atoms with van der Waals surface area (Å²) in [5.74, 6) is 0. The predicted octanol–water partition coefficient (Wildman–Crippen LogP) is 4.29. The van der Waals surface area contributed by atoms with E-state index in [1.807, 2.05) is 43.6 Å². The summed E-state index contributed by atoms with van der Waals surface area (Å²) in [6, 6.07) is 14.0. The topological polar surface area (TPSA) is 54.5 Å². The van der Waals surface area contributed by atoms with Gasteiger partial charge in [0.25, 0.3) is 0 Å². The monoisotopic (exact) mass is 367 g/mol. The fourth-order valence-electron chi connectivity index (χ4n) is 3.32. The van der Waals surface area contributed by atoms with E-state index in [9.17, 15) is 4.79 Å². The quantitative estimate of drug-likeness (QED) is 0.757. The lowest BCUT2D eigenvalue weighted by atomic mass is 10.1. The van der Waals surface area contributed by atoms with Gasteiger partial charge in [-0.1, -0.05) is 18.2 Å². The van der Waals surface area contributed by atoms with Crippen molar-refractivity contribution in [1.82, 2.24) is 9.88 Å². The van der Waals surface area contributed by atoms with Crippen LogP contribution < -0.4 is 5.32 Å². The number of hydrogen-bond acceptors (Lipinski definition) is 3. The van der Waals surface area contributed by atoms with Crippen molar-refractivity contribution >= 4 is 11.7 Å². The number of anilines is 1. The molecule has 0 unspecified atom stereocenters. The molecule has 1 saturated heterocycles. The molecule has 0 bridgehead atoms. The summed E-state index contributed by atoms with van der Waals surface area (Å²) in [6.07, 6.45) is 8.39. The molecule has 1 fully saturated rings. The molecule has 1 atom stereocenters. The highest BCUT2D eigenvalue weighted by molar-refractivity contribution is 5.89. The number of nitrogens with one attached hydrogen (secondary N) is 1. The van der Waals surface area contributed by atoms with Crippen LogP contribution in [0.4, 0.5) is 10.5 Å². The van der Waals surface area contributed by atoms with E-state index in [1.165, 1.54) is 12.0 Å². The molecule has 144 valence electrons. The Labute approximate surface area is 161 Å². The number of benzene rings is 1. The Hall–Kier alpha value is -2.40. The van der Waals surface area contributed by atoms with Crippen LogP contribution in [0.2, 0.25) is 0 Å². The highest BCUT2D eigenvalue weighted by atomic mass is 16.5. The van der Waals surface area contributed by atoms with E-state index < -0.39 is 0 Å². The van der Waals surface area contributed by atoms with Gasteiger partial charge in [0, 0.05) is 37.8 Å². The molecule has 5 nitrogen and oxygen atoms in total. The van der Waals surface area contributed by atoms with Crippen LogP contribution in [-0.2, 0) is 17.6 Å². The molecule has 0 saturated carbocycles. The molecule has 5 heteroatoms. The van der Waals surface area contributed by atoms with Crippen molar-refractivity contribution in [3.05, 3.63) is 59.9 Å². The van der Waals surface area contributed by atoms with Gasteiger partial charge in [-0.2, -0.15) is 0 Å². The number of urea groups is 1. The second kappa shape index (κ2) is 10.1. The standard InChI is InChI=1S/C22H29N3O2/c1-25(16-4-7-21-8-5-17-27-21)22(26)24-20-13-10-18(11-14-20)9-12-19-6-2-3-15-23-19/h2-3,6,10-11,13-15,21H,4-5,7-9,12,16-17H2,1H3,(H,24,26)/t21-/m1/s1. The Balaban J connectivity index is 1.39. The third-order valence-corrected chi connectivity index (χ3v) is 4.99. The average Bonchev–Trinajstić information content (AvgIpc) is 3.21. The fraction of sp³-hybridized carbons (Fsp3) is 0.455. The first kappa shape index (κ1) is 19.4. The number of carbonyl (C=O) groups is 1. The lowest BCUT2D eigenvalue weighted by molar-refractivity contribution is 0.101. The zero-order valence-electron chi connectivity index (χ0n) is 16.1. The summed E-state index contributed by atoms with van der Waals surface area (Å²) >= 11 is 0. The summed E-state index contributed by atoms with van der Waals surface area (Å²) in [6.45, 7) is 1.63. The molecular formula is C22H29N3O2. The maximum Gasteiger partial charge on any atom is 0.321 e. The molecule has 0 aliphatic carbocycles. The van der Waals surface area contributed by atoms with E-state index in [-0.39, 0.29) is 6.03 Å². The molecular weight excluding hydrogens is 338 g/mol. The first-order valence-corrected chi connectivity index (χ1v) is 9.83. The van der Waals surface area contributed by atoms with Crippen molar-refractivity contribution in [3.8, 4) is 0 Å². The van der Waals surface area contributed by atoms with Crippen LogP contribution in [0, 0.1) is 0 Å². The molecule has 1 N–H and O–H groups in total. The molecule has 3 rings (SSSR count). The smallest absolute Gasteiger partial charge is 0.321 e. The summed E-state index contributed by atoms with van der Waals surface area (Å²) in [5, 5.41) is 2.96. The van der Waals surface area contributed by atoms with Crippen molar-refractivity contribution in [2.45, 2.75) is 44.6 Å². The molecule has 1 aliphatic rings. The van der Waals surface area contributed by atoms with Crippen molar-refractivity contribution < 1.29 is 9.53 Å². The molecule has 1 aliphatic heterocycles. The molecule has 2 aromatic rings. The molecule has 2 amide bonds. The van der Waals surface area contributed by atoms with Crippen molar-refractivity contribution in [3.63, 3.8) is 0 Å². The maximum absolute atomic E-state index is 12.3. The van der Waals surface area contributed by atoms with Gasteiger partial charge in [-0.15, -0.1) is 0 Å². The zero-order valence-corrected chi connectivity index (χ0v) is 16.1. The highest BCUT2D eigenvalue weighted by Gasteiger charge is 2.16. The van der Waals surface area contributed by atoms with E-state index in [0.717, 1.165) is 56.6 Å². The van der Waals surface area contributed by atoms with Crippen LogP contribution in [-0.4, -0.2) is 42.2 Å². The SMILES string of the molecule is CN(CCC[C@@H]1CCCO1)C(=O)Nc1ccc(CCc2ccccn2)cc1. The maximum atomic E-state index is 12.3. The van der Waals surface area contributed by atoms with Gasteiger partial charge >= 0.3 is 6.03 Å². The van der Waals surface area contributed by atoms with Gasteiger partial charge in [-0.05, 0) is 68.4 Å². The molecule has 27 heavy (non-hydrogen) atoms. The van der Waals surface area contributed by atoms with Gasteiger partial charge < -0.3 is 15.0 Å². The van der Waals surface area contributed by atoms with Crippen molar-refractivity contribution in [1.29, 1.82) is 0 Å². The fourth-order valence-corrected chi connectivity index (χ4v) is 3.32. The molecule has 2 heterocycles.